The lowest BCUT2D eigenvalue weighted by atomic mass is 9.88. The van der Waals surface area contributed by atoms with Crippen LogP contribution >= 0.6 is 0 Å². The van der Waals surface area contributed by atoms with Gasteiger partial charge in [-0.25, -0.2) is 0 Å². The fourth-order valence-electron chi connectivity index (χ4n) is 4.21. The van der Waals surface area contributed by atoms with E-state index in [4.69, 9.17) is 10.2 Å². The van der Waals surface area contributed by atoms with Crippen LogP contribution in [0.25, 0.3) is 11.0 Å². The Morgan fingerprint density at radius 1 is 0.607 bits per heavy atom. The average molecular weight is 857 g/mol. The molecule has 1 amide bonds. The molecule has 0 radical (unpaired) electrons. The van der Waals surface area contributed by atoms with E-state index in [0.29, 0.717) is 23.6 Å². The number of carbonyl (C=O) groups is 1. The zero-order valence-electron chi connectivity index (χ0n) is 39.6. The van der Waals surface area contributed by atoms with Crippen LogP contribution < -0.4 is 10.9 Å². The first-order chi connectivity index (χ1) is 29.9. The van der Waals surface area contributed by atoms with Crippen molar-refractivity contribution in [3.8, 4) is 0 Å². The smallest absolute Gasteiger partial charge is 0.253 e. The van der Waals surface area contributed by atoms with Gasteiger partial charge < -0.3 is 19.8 Å². The molecule has 1 fully saturated rings. The van der Waals surface area contributed by atoms with Crippen molar-refractivity contribution in [3.63, 3.8) is 0 Å². The van der Waals surface area contributed by atoms with Crippen molar-refractivity contribution in [2.24, 2.45) is 5.73 Å². The van der Waals surface area contributed by atoms with Crippen molar-refractivity contribution >= 4 is 30.4 Å². The van der Waals surface area contributed by atoms with Gasteiger partial charge in [-0.05, 0) is 61.2 Å². The van der Waals surface area contributed by atoms with Gasteiger partial charge in [-0.1, -0.05) is 24.3 Å². The van der Waals surface area contributed by atoms with Gasteiger partial charge in [-0.15, -0.1) is 211 Å². The van der Waals surface area contributed by atoms with E-state index in [1.54, 1.807) is 6.26 Å². The summed E-state index contributed by atoms with van der Waals surface area (Å²) in [5, 5.41) is 1.68. The van der Waals surface area contributed by atoms with E-state index in [9.17, 15) is 9.59 Å². The number of rotatable bonds is 4. The van der Waals surface area contributed by atoms with Crippen LogP contribution in [-0.4, -0.2) is 37.0 Å². The van der Waals surface area contributed by atoms with Crippen LogP contribution in [0.3, 0.4) is 0 Å². The van der Waals surface area contributed by atoms with Gasteiger partial charge in [-0.3, -0.25) is 4.79 Å². The zero-order valence-corrected chi connectivity index (χ0v) is 40.6. The molecule has 6 heteroatoms. The predicted octanol–water partition coefficient (Wildman–Crippen LogP) is 16.2. The number of carbonyl (C=O) groups excluding carboxylic acids is 1. The predicted molar refractivity (Wildman–Crippen MR) is 298 cm³/mol. The number of amides is 1. The third kappa shape index (κ3) is 46.0. The van der Waals surface area contributed by atoms with Crippen molar-refractivity contribution in [1.29, 1.82) is 0 Å². The molecule has 1 saturated heterocycles. The second kappa shape index (κ2) is 89.9. The number of likely N-dealkylation sites (tertiary alicyclic amines) is 1. The molecule has 1 aliphatic rings. The number of benzene rings is 2. The minimum absolute atomic E-state index is 0.0469. The fourth-order valence-corrected chi connectivity index (χ4v) is 5.41. The first kappa shape index (κ1) is 90.5. The Morgan fingerprint density at radius 3 is 1.30 bits per heavy atom. The van der Waals surface area contributed by atoms with Crippen molar-refractivity contribution < 1.29 is 14.0 Å². The van der Waals surface area contributed by atoms with Gasteiger partial charge in [0.1, 0.15) is 5.58 Å². The quantitative estimate of drug-likeness (QED) is 0.202. The highest BCUT2D eigenvalue weighted by Gasteiger charge is 2.28. The van der Waals surface area contributed by atoms with Crippen LogP contribution in [0, 0.1) is 0 Å². The third-order valence-electron chi connectivity index (χ3n) is 5.92. The first-order valence-corrected chi connectivity index (χ1v) is 21.1. The number of fused-ring (bicyclic) bond motifs is 1. The summed E-state index contributed by atoms with van der Waals surface area (Å²) in [6.45, 7) is 102. The van der Waals surface area contributed by atoms with E-state index >= 15 is 0 Å². The van der Waals surface area contributed by atoms with Crippen molar-refractivity contribution in [2.45, 2.75) is 38.4 Å². The number of hydrogen-bond acceptors (Lipinski definition) is 4. The van der Waals surface area contributed by atoms with Gasteiger partial charge in [0.2, 0.25) is 8.32 Å². The highest BCUT2D eigenvalue weighted by Crippen LogP contribution is 2.29. The molecule has 0 unspecified atom stereocenters. The maximum absolute atomic E-state index is 13.1. The fraction of sp³-hybridized carbons (Fsp3) is 0.145. The maximum Gasteiger partial charge on any atom is 0.253 e. The Bertz CT molecular complexity index is 1230. The second-order valence-electron chi connectivity index (χ2n) is 8.43. The van der Waals surface area contributed by atoms with Gasteiger partial charge in [0.25, 0.3) is 5.91 Å². The lowest BCUT2D eigenvalue weighted by molar-refractivity contribution is 0.0713. The Labute approximate surface area is 381 Å². The minimum atomic E-state index is -2.52. The summed E-state index contributed by atoms with van der Waals surface area (Å²) in [4.78, 5) is 25.5. The van der Waals surface area contributed by atoms with E-state index in [2.05, 4.69) is 235 Å². The molecule has 0 bridgehead atoms. The molecule has 2 aromatic carbocycles. The van der Waals surface area contributed by atoms with E-state index in [0.717, 1.165) is 42.1 Å². The molecule has 61 heavy (non-hydrogen) atoms. The lowest BCUT2D eigenvalue weighted by Crippen LogP contribution is -2.41. The number of hydrogen-bond donors (Lipinski definition) is 2. The maximum atomic E-state index is 13.1. The Balaban J connectivity index is -0.0000000555. The Kier molecular flexibility index (Phi) is 133. The molecular formula is C55H92N2O3Si. The molecule has 0 saturated carbocycles. The number of nitrogens with zero attached hydrogens (tertiary/aromatic N) is 1. The molecule has 4 rings (SSSR count). The normalized spacial score (nSPS) is 8.56. The van der Waals surface area contributed by atoms with Gasteiger partial charge >= 0.3 is 0 Å². The topological polar surface area (TPSA) is 79.7 Å². The van der Waals surface area contributed by atoms with Crippen molar-refractivity contribution in [1.82, 2.24) is 4.90 Å². The minimum Gasteiger partial charge on any atom is -0.464 e. The molecule has 1 aliphatic heterocycles. The van der Waals surface area contributed by atoms with Crippen LogP contribution in [0.1, 0.15) is 40.2 Å². The zero-order chi connectivity index (χ0) is 52.6. The molecule has 3 N–H and O–H groups in total. The van der Waals surface area contributed by atoms with Crippen LogP contribution in [0.5, 0.6) is 0 Å². The Hall–Kier alpha value is -6.57. The molecule has 0 spiro atoms. The molecule has 3 aromatic rings. The van der Waals surface area contributed by atoms with E-state index < -0.39 is 8.32 Å². The van der Waals surface area contributed by atoms with Crippen LogP contribution in [0.2, 0.25) is 13.1 Å². The summed E-state index contributed by atoms with van der Waals surface area (Å²) in [5.41, 5.74) is 9.61. The van der Waals surface area contributed by atoms with Crippen molar-refractivity contribution in [3.05, 3.63) is 276 Å². The number of furan rings is 1. The average Bonchev–Trinajstić information content (AvgIpc) is 3.86. The van der Waals surface area contributed by atoms with Gasteiger partial charge in [0.05, 0.1) is 6.26 Å². The van der Waals surface area contributed by atoms with Gasteiger partial charge in [-0.2, -0.15) is 0 Å². The Morgan fingerprint density at radius 2 is 0.967 bits per heavy atom. The van der Waals surface area contributed by atoms with E-state index in [1.165, 1.54) is 5.56 Å². The SMILES string of the molecule is C=C.C=C.C=C.C=C.C=C.C=C.C=C.C=C.C=C.C=C.C=C.C=C.C=C.C=C.C=C.C=C.C[Si](C)(O)c1coc2ccc(C(=O)N3CCC(c4cccc(CN)c4)CC3)cc12. The summed E-state index contributed by atoms with van der Waals surface area (Å²) >= 11 is 0. The second-order valence-corrected chi connectivity index (χ2v) is 12.1. The summed E-state index contributed by atoms with van der Waals surface area (Å²) in [5.74, 6) is 0.514. The van der Waals surface area contributed by atoms with Crippen molar-refractivity contribution in [2.75, 3.05) is 13.1 Å². The molecule has 344 valence electrons. The lowest BCUT2D eigenvalue weighted by Gasteiger charge is -2.32. The summed E-state index contributed by atoms with van der Waals surface area (Å²) in [7, 11) is -2.52. The number of nitrogens with two attached hydrogens (primary N) is 1. The van der Waals surface area contributed by atoms with Crippen LogP contribution in [0.15, 0.2) is 264 Å². The van der Waals surface area contributed by atoms with Crippen LogP contribution in [-0.2, 0) is 6.54 Å². The first-order valence-electron chi connectivity index (χ1n) is 18.2. The molecule has 1 aromatic heterocycles. The highest BCUT2D eigenvalue weighted by molar-refractivity contribution is 6.85. The standard InChI is InChI=1S/C23H28N2O3Si.16C2H4/c1-29(2,27)22-15-28-21-7-6-19(13-20(21)22)23(26)25-10-8-17(9-11-25)18-5-3-4-16(12-18)14-24;16*1-2/h3-7,12-13,15,17,27H,8-11,14,24H2,1-2H3;16*1-2H2. The summed E-state index contributed by atoms with van der Waals surface area (Å²) in [6, 6.07) is 14.0. The monoisotopic (exact) mass is 857 g/mol. The molecule has 0 aliphatic carbocycles. The largest absolute Gasteiger partial charge is 0.464 e. The number of piperidine rings is 1. The summed E-state index contributed by atoms with van der Waals surface area (Å²) < 4.78 is 5.58. The highest BCUT2D eigenvalue weighted by atomic mass is 28.4. The molecule has 5 nitrogen and oxygen atoms in total. The summed E-state index contributed by atoms with van der Waals surface area (Å²) in [6.07, 6.45) is 3.54. The molecule has 2 heterocycles. The molecular weight excluding hydrogens is 765 g/mol. The van der Waals surface area contributed by atoms with E-state index in [1.807, 2.05) is 36.2 Å². The van der Waals surface area contributed by atoms with E-state index in [-0.39, 0.29) is 5.91 Å². The third-order valence-corrected chi connectivity index (χ3v) is 7.63. The van der Waals surface area contributed by atoms with Gasteiger partial charge in [0, 0.05) is 35.8 Å². The van der Waals surface area contributed by atoms with Crippen LogP contribution in [0.4, 0.5) is 0 Å². The van der Waals surface area contributed by atoms with Gasteiger partial charge in [0.15, 0.2) is 0 Å². The molecule has 0 atom stereocenters.